The first kappa shape index (κ1) is 14.4. The molecule has 1 aromatic rings. The second kappa shape index (κ2) is 6.45. The Hall–Kier alpha value is -0.980. The van der Waals surface area contributed by atoms with Crippen LogP contribution in [0.25, 0.3) is 0 Å². The number of piperidine rings is 1. The number of hydrogen-bond donors (Lipinski definition) is 2. The number of rotatable bonds is 5. The number of pyridine rings is 1. The molecular weight excluding hydrogens is 262 g/mol. The van der Waals surface area contributed by atoms with Crippen molar-refractivity contribution in [3.05, 3.63) is 30.1 Å². The Kier molecular flexibility index (Phi) is 4.90. The van der Waals surface area contributed by atoms with E-state index in [4.69, 9.17) is 0 Å². The smallest absolute Gasteiger partial charge is 0.212 e. The Balaban J connectivity index is 1.88. The van der Waals surface area contributed by atoms with Gasteiger partial charge >= 0.3 is 0 Å². The lowest BCUT2D eigenvalue weighted by atomic mass is 10.0. The normalized spacial score (nSPS) is 24.3. The van der Waals surface area contributed by atoms with Crippen molar-refractivity contribution in [2.45, 2.75) is 38.3 Å². The first-order valence-electron chi connectivity index (χ1n) is 6.70. The van der Waals surface area contributed by atoms with Crippen LogP contribution in [0.15, 0.2) is 24.4 Å². The fraction of sp³-hybridized carbons (Fsp3) is 0.615. The fourth-order valence-corrected chi connectivity index (χ4v) is 3.66. The minimum absolute atomic E-state index is 0.00230. The lowest BCUT2D eigenvalue weighted by molar-refractivity contribution is 0.349. The highest BCUT2D eigenvalue weighted by Gasteiger charge is 2.25. The minimum Gasteiger partial charge on any atom is -0.313 e. The molecule has 6 heteroatoms. The van der Waals surface area contributed by atoms with Crippen molar-refractivity contribution in [3.8, 4) is 0 Å². The van der Waals surface area contributed by atoms with Crippen molar-refractivity contribution < 1.29 is 8.42 Å². The van der Waals surface area contributed by atoms with Crippen LogP contribution in [-0.2, 0) is 16.4 Å². The summed E-state index contributed by atoms with van der Waals surface area (Å²) in [5.74, 6) is 0.0905. The van der Waals surface area contributed by atoms with Gasteiger partial charge < -0.3 is 5.32 Å². The summed E-state index contributed by atoms with van der Waals surface area (Å²) in [6, 6.07) is 5.74. The lowest BCUT2D eigenvalue weighted by Gasteiger charge is -2.30. The third-order valence-electron chi connectivity index (χ3n) is 3.45. The van der Waals surface area contributed by atoms with E-state index in [2.05, 4.69) is 15.0 Å². The van der Waals surface area contributed by atoms with E-state index in [1.54, 1.807) is 6.20 Å². The molecule has 0 spiro atoms. The summed E-state index contributed by atoms with van der Waals surface area (Å²) in [5.41, 5.74) is 0.808. The zero-order valence-corrected chi connectivity index (χ0v) is 12.0. The van der Waals surface area contributed by atoms with Gasteiger partial charge in [-0.25, -0.2) is 13.1 Å². The van der Waals surface area contributed by atoms with Crippen molar-refractivity contribution in [3.63, 3.8) is 0 Å². The van der Waals surface area contributed by atoms with E-state index >= 15 is 0 Å². The van der Waals surface area contributed by atoms with Gasteiger partial charge in [0.1, 0.15) is 0 Å². The maximum absolute atomic E-state index is 12.1. The monoisotopic (exact) mass is 283 g/mol. The molecule has 0 saturated carbocycles. The maximum atomic E-state index is 12.1. The summed E-state index contributed by atoms with van der Waals surface area (Å²) in [5, 5.41) is 3.29. The molecule has 1 aliphatic rings. The van der Waals surface area contributed by atoms with E-state index in [0.29, 0.717) is 6.42 Å². The quantitative estimate of drug-likeness (QED) is 0.834. The van der Waals surface area contributed by atoms with Crippen molar-refractivity contribution in [1.82, 2.24) is 15.0 Å². The second-order valence-electron chi connectivity index (χ2n) is 5.00. The van der Waals surface area contributed by atoms with E-state index in [-0.39, 0.29) is 17.8 Å². The van der Waals surface area contributed by atoms with Crippen molar-refractivity contribution >= 4 is 10.0 Å². The maximum Gasteiger partial charge on any atom is 0.212 e. The van der Waals surface area contributed by atoms with Gasteiger partial charge in [0.2, 0.25) is 10.0 Å². The van der Waals surface area contributed by atoms with Crippen LogP contribution in [0.5, 0.6) is 0 Å². The third kappa shape index (κ3) is 4.56. The molecule has 0 amide bonds. The number of nitrogens with zero attached hydrogens (tertiary/aromatic N) is 1. The molecule has 5 nitrogen and oxygen atoms in total. The van der Waals surface area contributed by atoms with E-state index in [1.165, 1.54) is 0 Å². The number of nitrogens with one attached hydrogen (secondary N) is 2. The molecule has 19 heavy (non-hydrogen) atoms. The predicted molar refractivity (Wildman–Crippen MR) is 75.4 cm³/mol. The predicted octanol–water partition coefficient (Wildman–Crippen LogP) is 0.684. The fourth-order valence-electron chi connectivity index (χ4n) is 2.28. The second-order valence-corrected chi connectivity index (χ2v) is 6.87. The molecule has 2 rings (SSSR count). The largest absolute Gasteiger partial charge is 0.313 e. The van der Waals surface area contributed by atoms with Crippen LogP contribution in [-0.4, -0.2) is 37.8 Å². The third-order valence-corrected chi connectivity index (χ3v) is 4.85. The molecule has 2 N–H and O–H groups in total. The molecule has 1 fully saturated rings. The highest BCUT2D eigenvalue weighted by Crippen LogP contribution is 2.10. The number of aromatic nitrogens is 1. The molecule has 0 bridgehead atoms. The molecule has 2 unspecified atom stereocenters. The van der Waals surface area contributed by atoms with E-state index in [1.807, 2.05) is 25.1 Å². The van der Waals surface area contributed by atoms with Crippen molar-refractivity contribution in [2.75, 3.05) is 12.3 Å². The Labute approximate surface area is 114 Å². The Bertz CT molecular complexity index is 490. The molecule has 1 aromatic heterocycles. The molecular formula is C13H21N3O2S. The molecule has 106 valence electrons. The molecule has 0 radical (unpaired) electrons. The van der Waals surface area contributed by atoms with Crippen molar-refractivity contribution in [1.29, 1.82) is 0 Å². The van der Waals surface area contributed by atoms with E-state index < -0.39 is 10.0 Å². The Morgan fingerprint density at radius 3 is 3.00 bits per heavy atom. The first-order chi connectivity index (χ1) is 9.07. The number of hydrogen-bond acceptors (Lipinski definition) is 4. The first-order valence-corrected chi connectivity index (χ1v) is 8.35. The zero-order valence-electron chi connectivity index (χ0n) is 11.2. The molecule has 1 aliphatic heterocycles. The van der Waals surface area contributed by atoms with Crippen LogP contribution in [0.1, 0.15) is 25.5 Å². The SMILES string of the molecule is CC1NCCCC1NS(=O)(=O)CCc1ccccn1. The summed E-state index contributed by atoms with van der Waals surface area (Å²) in [7, 11) is -3.24. The number of aryl methyl sites for hydroxylation is 1. The molecule has 2 atom stereocenters. The minimum atomic E-state index is -3.24. The number of sulfonamides is 1. The van der Waals surface area contributed by atoms with Crippen LogP contribution in [0.2, 0.25) is 0 Å². The van der Waals surface area contributed by atoms with Gasteiger partial charge in [-0.15, -0.1) is 0 Å². The molecule has 0 aliphatic carbocycles. The molecule has 0 aromatic carbocycles. The van der Waals surface area contributed by atoms with Crippen LogP contribution >= 0.6 is 0 Å². The van der Waals surface area contributed by atoms with Gasteiger partial charge in [-0.1, -0.05) is 6.07 Å². The Morgan fingerprint density at radius 2 is 2.32 bits per heavy atom. The summed E-state index contributed by atoms with van der Waals surface area (Å²) in [6.45, 7) is 2.98. The van der Waals surface area contributed by atoms with E-state index in [0.717, 1.165) is 25.1 Å². The van der Waals surface area contributed by atoms with Gasteiger partial charge in [-0.3, -0.25) is 4.98 Å². The zero-order chi connectivity index (χ0) is 13.7. The summed E-state index contributed by atoms with van der Waals surface area (Å²) >= 11 is 0. The summed E-state index contributed by atoms with van der Waals surface area (Å²) in [6.07, 6.45) is 4.04. The van der Waals surface area contributed by atoms with E-state index in [9.17, 15) is 8.42 Å². The standard InChI is InChI=1S/C13H21N3O2S/c1-11-13(6-4-9-14-11)16-19(17,18)10-7-12-5-2-3-8-15-12/h2-3,5,8,11,13-14,16H,4,6-7,9-10H2,1H3. The van der Waals surface area contributed by atoms with Gasteiger partial charge in [0.05, 0.1) is 5.75 Å². The highest BCUT2D eigenvalue weighted by atomic mass is 32.2. The van der Waals surface area contributed by atoms with Gasteiger partial charge in [0.15, 0.2) is 0 Å². The van der Waals surface area contributed by atoms with Crippen LogP contribution in [0.4, 0.5) is 0 Å². The summed E-state index contributed by atoms with van der Waals surface area (Å²) < 4.78 is 26.9. The summed E-state index contributed by atoms with van der Waals surface area (Å²) in [4.78, 5) is 4.14. The molecule has 2 heterocycles. The van der Waals surface area contributed by atoms with Gasteiger partial charge in [-0.2, -0.15) is 0 Å². The average molecular weight is 283 g/mol. The van der Waals surface area contributed by atoms with Gasteiger partial charge in [0, 0.05) is 30.4 Å². The molecule has 1 saturated heterocycles. The van der Waals surface area contributed by atoms with Crippen LogP contribution in [0.3, 0.4) is 0 Å². The van der Waals surface area contributed by atoms with Crippen molar-refractivity contribution in [2.24, 2.45) is 0 Å². The van der Waals surface area contributed by atoms with Crippen LogP contribution < -0.4 is 10.0 Å². The topological polar surface area (TPSA) is 71.1 Å². The lowest BCUT2D eigenvalue weighted by Crippen LogP contribution is -2.52. The van der Waals surface area contributed by atoms with Gasteiger partial charge in [-0.05, 0) is 38.4 Å². The van der Waals surface area contributed by atoms with Gasteiger partial charge in [0.25, 0.3) is 0 Å². The average Bonchev–Trinajstić information content (AvgIpc) is 2.40. The van der Waals surface area contributed by atoms with Crippen LogP contribution in [0, 0.1) is 0 Å². The Morgan fingerprint density at radius 1 is 1.47 bits per heavy atom. The highest BCUT2D eigenvalue weighted by molar-refractivity contribution is 7.89.